The standard InChI is InChI=1S/C14H19NO3/c16-10-9-15-14(13(17)18)8-4-3-6-11-5-1-2-7-12(11)14/h1-2,5,7,15-16H,3-4,6,8-10H2,(H,17,18). The number of benzene rings is 1. The second kappa shape index (κ2) is 5.50. The van der Waals surface area contributed by atoms with Crippen molar-refractivity contribution in [2.75, 3.05) is 13.2 Å². The number of carbonyl (C=O) groups is 1. The van der Waals surface area contributed by atoms with Gasteiger partial charge in [0.2, 0.25) is 0 Å². The van der Waals surface area contributed by atoms with E-state index in [1.165, 1.54) is 0 Å². The number of carboxylic acid groups (broad SMARTS) is 1. The highest BCUT2D eigenvalue weighted by Crippen LogP contribution is 2.34. The van der Waals surface area contributed by atoms with Crippen LogP contribution in [0.1, 0.15) is 30.4 Å². The molecular weight excluding hydrogens is 230 g/mol. The van der Waals surface area contributed by atoms with Gasteiger partial charge in [-0.2, -0.15) is 0 Å². The average Bonchev–Trinajstić information content (AvgIpc) is 2.57. The van der Waals surface area contributed by atoms with Gasteiger partial charge >= 0.3 is 5.97 Å². The van der Waals surface area contributed by atoms with Crippen molar-refractivity contribution in [3.05, 3.63) is 35.4 Å². The second-order valence-corrected chi connectivity index (χ2v) is 4.73. The fraction of sp³-hybridized carbons (Fsp3) is 0.500. The Kier molecular flexibility index (Phi) is 3.99. The van der Waals surface area contributed by atoms with Crippen molar-refractivity contribution in [3.8, 4) is 0 Å². The molecule has 0 amide bonds. The van der Waals surface area contributed by atoms with Crippen molar-refractivity contribution in [1.29, 1.82) is 0 Å². The van der Waals surface area contributed by atoms with E-state index in [4.69, 9.17) is 5.11 Å². The molecule has 1 aliphatic rings. The molecule has 0 aromatic heterocycles. The van der Waals surface area contributed by atoms with Crippen molar-refractivity contribution in [3.63, 3.8) is 0 Å². The van der Waals surface area contributed by atoms with Crippen LogP contribution in [0.3, 0.4) is 0 Å². The minimum atomic E-state index is -1.05. The van der Waals surface area contributed by atoms with Gasteiger partial charge in [0, 0.05) is 6.54 Å². The summed E-state index contributed by atoms with van der Waals surface area (Å²) in [6.07, 6.45) is 3.37. The number of nitrogens with one attached hydrogen (secondary N) is 1. The van der Waals surface area contributed by atoms with Crippen LogP contribution in [-0.4, -0.2) is 29.3 Å². The van der Waals surface area contributed by atoms with Crippen molar-refractivity contribution < 1.29 is 15.0 Å². The van der Waals surface area contributed by atoms with E-state index in [-0.39, 0.29) is 6.61 Å². The van der Waals surface area contributed by atoms with E-state index in [0.29, 0.717) is 13.0 Å². The van der Waals surface area contributed by atoms with Crippen LogP contribution in [0.15, 0.2) is 24.3 Å². The molecule has 1 unspecified atom stereocenters. The van der Waals surface area contributed by atoms with Gasteiger partial charge in [-0.05, 0) is 30.4 Å². The molecule has 0 bridgehead atoms. The number of aryl methyl sites for hydroxylation is 1. The molecular formula is C14H19NO3. The fourth-order valence-electron chi connectivity index (χ4n) is 2.75. The first-order valence-electron chi connectivity index (χ1n) is 6.38. The molecule has 0 saturated carbocycles. The Hall–Kier alpha value is -1.39. The van der Waals surface area contributed by atoms with Gasteiger partial charge in [0.25, 0.3) is 0 Å². The van der Waals surface area contributed by atoms with Gasteiger partial charge in [-0.3, -0.25) is 5.32 Å². The van der Waals surface area contributed by atoms with Gasteiger partial charge in [0.1, 0.15) is 5.54 Å². The van der Waals surface area contributed by atoms with E-state index in [1.807, 2.05) is 24.3 Å². The van der Waals surface area contributed by atoms with E-state index < -0.39 is 11.5 Å². The average molecular weight is 249 g/mol. The summed E-state index contributed by atoms with van der Waals surface area (Å²) >= 11 is 0. The minimum Gasteiger partial charge on any atom is -0.480 e. The van der Waals surface area contributed by atoms with Gasteiger partial charge in [-0.1, -0.05) is 30.7 Å². The highest BCUT2D eigenvalue weighted by atomic mass is 16.4. The van der Waals surface area contributed by atoms with Gasteiger partial charge in [-0.25, -0.2) is 4.79 Å². The van der Waals surface area contributed by atoms with Crippen molar-refractivity contribution >= 4 is 5.97 Å². The Balaban J connectivity index is 2.47. The quantitative estimate of drug-likeness (QED) is 0.703. The number of fused-ring (bicyclic) bond motifs is 1. The zero-order valence-electron chi connectivity index (χ0n) is 10.4. The Labute approximate surface area is 107 Å². The molecule has 0 saturated heterocycles. The first kappa shape index (κ1) is 13.1. The number of aliphatic hydroxyl groups is 1. The number of hydrogen-bond acceptors (Lipinski definition) is 3. The molecule has 1 aromatic carbocycles. The number of aliphatic carboxylic acids is 1. The van der Waals surface area contributed by atoms with Gasteiger partial charge in [-0.15, -0.1) is 0 Å². The lowest BCUT2D eigenvalue weighted by Crippen LogP contribution is -2.50. The van der Waals surface area contributed by atoms with Crippen molar-refractivity contribution in [2.24, 2.45) is 0 Å². The number of carboxylic acids is 1. The highest BCUT2D eigenvalue weighted by Gasteiger charge is 2.41. The predicted molar refractivity (Wildman–Crippen MR) is 68.4 cm³/mol. The largest absolute Gasteiger partial charge is 0.480 e. The molecule has 1 aromatic rings. The lowest BCUT2D eigenvalue weighted by atomic mass is 9.84. The minimum absolute atomic E-state index is 0.0583. The topological polar surface area (TPSA) is 69.6 Å². The maximum Gasteiger partial charge on any atom is 0.328 e. The molecule has 0 fully saturated rings. The molecule has 98 valence electrons. The summed E-state index contributed by atoms with van der Waals surface area (Å²) in [5, 5.41) is 21.6. The molecule has 0 aliphatic heterocycles. The summed E-state index contributed by atoms with van der Waals surface area (Å²) in [4.78, 5) is 11.8. The molecule has 3 N–H and O–H groups in total. The SMILES string of the molecule is O=C(O)C1(NCCO)CCCCc2ccccc21. The second-order valence-electron chi connectivity index (χ2n) is 4.73. The van der Waals surface area contributed by atoms with Crippen molar-refractivity contribution in [2.45, 2.75) is 31.2 Å². The van der Waals surface area contributed by atoms with Crippen LogP contribution in [0.4, 0.5) is 0 Å². The van der Waals surface area contributed by atoms with E-state index in [1.54, 1.807) is 0 Å². The number of hydrogen-bond donors (Lipinski definition) is 3. The molecule has 0 radical (unpaired) electrons. The van der Waals surface area contributed by atoms with Crippen LogP contribution in [-0.2, 0) is 16.8 Å². The van der Waals surface area contributed by atoms with Gasteiger partial charge in [0.05, 0.1) is 6.61 Å². The third kappa shape index (κ3) is 2.26. The summed E-state index contributed by atoms with van der Waals surface area (Å²) in [6, 6.07) is 7.71. The zero-order chi connectivity index (χ0) is 13.0. The fourth-order valence-corrected chi connectivity index (χ4v) is 2.75. The maximum absolute atomic E-state index is 11.8. The lowest BCUT2D eigenvalue weighted by Gasteiger charge is -2.31. The van der Waals surface area contributed by atoms with Crippen LogP contribution < -0.4 is 5.32 Å². The van der Waals surface area contributed by atoms with Crippen LogP contribution in [0, 0.1) is 0 Å². The Morgan fingerprint density at radius 3 is 2.83 bits per heavy atom. The molecule has 4 nitrogen and oxygen atoms in total. The lowest BCUT2D eigenvalue weighted by molar-refractivity contribution is -0.145. The molecule has 2 rings (SSSR count). The van der Waals surface area contributed by atoms with Gasteiger partial charge in [0.15, 0.2) is 0 Å². The first-order chi connectivity index (χ1) is 8.70. The summed E-state index contributed by atoms with van der Waals surface area (Å²) < 4.78 is 0. The molecule has 4 heteroatoms. The first-order valence-corrected chi connectivity index (χ1v) is 6.38. The summed E-state index contributed by atoms with van der Waals surface area (Å²) in [5.41, 5.74) is 0.904. The predicted octanol–water partition coefficient (Wildman–Crippen LogP) is 1.27. The third-order valence-electron chi connectivity index (χ3n) is 3.63. The normalized spacial score (nSPS) is 23.2. The Morgan fingerprint density at radius 1 is 1.33 bits per heavy atom. The smallest absolute Gasteiger partial charge is 0.328 e. The van der Waals surface area contributed by atoms with Crippen LogP contribution in [0.2, 0.25) is 0 Å². The molecule has 1 aliphatic carbocycles. The number of aliphatic hydroxyl groups excluding tert-OH is 1. The molecule has 0 heterocycles. The van der Waals surface area contributed by atoms with Crippen LogP contribution >= 0.6 is 0 Å². The van der Waals surface area contributed by atoms with Gasteiger partial charge < -0.3 is 10.2 Å². The third-order valence-corrected chi connectivity index (χ3v) is 3.63. The number of rotatable bonds is 4. The maximum atomic E-state index is 11.8. The van der Waals surface area contributed by atoms with E-state index >= 15 is 0 Å². The molecule has 18 heavy (non-hydrogen) atoms. The highest BCUT2D eigenvalue weighted by molar-refractivity contribution is 5.81. The summed E-state index contributed by atoms with van der Waals surface area (Å²) in [5.74, 6) is -0.856. The summed E-state index contributed by atoms with van der Waals surface area (Å²) in [7, 11) is 0. The Morgan fingerprint density at radius 2 is 2.11 bits per heavy atom. The zero-order valence-corrected chi connectivity index (χ0v) is 10.4. The summed E-state index contributed by atoms with van der Waals surface area (Å²) in [6.45, 7) is 0.234. The van der Waals surface area contributed by atoms with Crippen LogP contribution in [0.25, 0.3) is 0 Å². The monoisotopic (exact) mass is 249 g/mol. The van der Waals surface area contributed by atoms with E-state index in [2.05, 4.69) is 5.32 Å². The van der Waals surface area contributed by atoms with Crippen LogP contribution in [0.5, 0.6) is 0 Å². The van der Waals surface area contributed by atoms with Crippen molar-refractivity contribution in [1.82, 2.24) is 5.32 Å². The molecule has 1 atom stereocenters. The van der Waals surface area contributed by atoms with E-state index in [0.717, 1.165) is 30.4 Å². The molecule has 0 spiro atoms. The van der Waals surface area contributed by atoms with E-state index in [9.17, 15) is 9.90 Å². The Bertz CT molecular complexity index is 433.